The molecular weight excluding hydrogens is 222 g/mol. The number of benzene rings is 1. The molecule has 2 N–H and O–H groups in total. The maximum absolute atomic E-state index is 6.39. The molecule has 0 radical (unpaired) electrons. The van der Waals surface area contributed by atoms with Crippen molar-refractivity contribution < 1.29 is 4.74 Å². The van der Waals surface area contributed by atoms with E-state index in [1.54, 1.807) is 0 Å². The zero-order valence-electron chi connectivity index (χ0n) is 11.6. The molecule has 0 bridgehead atoms. The van der Waals surface area contributed by atoms with E-state index in [0.29, 0.717) is 11.8 Å². The fourth-order valence-electron chi connectivity index (χ4n) is 2.72. The van der Waals surface area contributed by atoms with Gasteiger partial charge in [0.25, 0.3) is 0 Å². The van der Waals surface area contributed by atoms with Gasteiger partial charge in [-0.1, -0.05) is 38.1 Å². The molecule has 18 heavy (non-hydrogen) atoms. The van der Waals surface area contributed by atoms with Crippen molar-refractivity contribution in [3.05, 3.63) is 35.4 Å². The maximum atomic E-state index is 6.39. The van der Waals surface area contributed by atoms with E-state index in [1.165, 1.54) is 17.5 Å². The van der Waals surface area contributed by atoms with E-state index in [4.69, 9.17) is 10.5 Å². The van der Waals surface area contributed by atoms with Crippen molar-refractivity contribution in [3.8, 4) is 0 Å². The number of hydrogen-bond donors (Lipinski definition) is 1. The zero-order chi connectivity index (χ0) is 13.0. The van der Waals surface area contributed by atoms with Crippen molar-refractivity contribution in [3.63, 3.8) is 0 Å². The third kappa shape index (κ3) is 3.56. The number of nitrogens with two attached hydrogens (primary N) is 1. The third-order valence-corrected chi connectivity index (χ3v) is 3.68. The van der Waals surface area contributed by atoms with Crippen LogP contribution in [0.15, 0.2) is 24.3 Å². The summed E-state index contributed by atoms with van der Waals surface area (Å²) in [6.45, 7) is 6.22. The minimum Gasteiger partial charge on any atom is -0.381 e. The summed E-state index contributed by atoms with van der Waals surface area (Å²) in [6, 6.07) is 8.89. The van der Waals surface area contributed by atoms with Gasteiger partial charge in [0, 0.05) is 18.6 Å². The molecular formula is C16H25NO. The molecule has 0 aromatic heterocycles. The lowest BCUT2D eigenvalue weighted by Crippen LogP contribution is -2.29. The summed E-state index contributed by atoms with van der Waals surface area (Å²) in [7, 11) is 0. The van der Waals surface area contributed by atoms with Crippen LogP contribution in [0.4, 0.5) is 0 Å². The molecule has 0 aliphatic carbocycles. The maximum Gasteiger partial charge on any atom is 0.0512 e. The topological polar surface area (TPSA) is 35.2 Å². The van der Waals surface area contributed by atoms with E-state index < -0.39 is 0 Å². The minimum absolute atomic E-state index is 0.123. The molecule has 1 saturated heterocycles. The van der Waals surface area contributed by atoms with Crippen LogP contribution in [-0.4, -0.2) is 13.2 Å². The van der Waals surface area contributed by atoms with Crippen LogP contribution in [0.3, 0.4) is 0 Å². The first-order valence-electron chi connectivity index (χ1n) is 7.09. The van der Waals surface area contributed by atoms with Gasteiger partial charge >= 0.3 is 0 Å². The van der Waals surface area contributed by atoms with Crippen LogP contribution in [0.5, 0.6) is 0 Å². The second-order valence-corrected chi connectivity index (χ2v) is 5.85. The van der Waals surface area contributed by atoms with Crippen LogP contribution in [0, 0.1) is 11.8 Å². The van der Waals surface area contributed by atoms with Crippen molar-refractivity contribution in [2.75, 3.05) is 13.2 Å². The molecule has 1 aromatic carbocycles. The van der Waals surface area contributed by atoms with Crippen molar-refractivity contribution in [1.82, 2.24) is 0 Å². The molecule has 2 unspecified atom stereocenters. The lowest BCUT2D eigenvalue weighted by Gasteiger charge is -2.28. The van der Waals surface area contributed by atoms with Gasteiger partial charge in [0.2, 0.25) is 0 Å². The van der Waals surface area contributed by atoms with E-state index in [1.807, 2.05) is 0 Å². The molecule has 1 aliphatic heterocycles. The summed E-state index contributed by atoms with van der Waals surface area (Å²) in [5.74, 6) is 1.17. The predicted octanol–water partition coefficient (Wildman–Crippen LogP) is 3.31. The first-order valence-corrected chi connectivity index (χ1v) is 7.09. The van der Waals surface area contributed by atoms with E-state index in [0.717, 1.165) is 26.1 Å². The van der Waals surface area contributed by atoms with E-state index >= 15 is 0 Å². The normalized spacial score (nSPS) is 22.1. The quantitative estimate of drug-likeness (QED) is 0.886. The largest absolute Gasteiger partial charge is 0.381 e. The average molecular weight is 247 g/mol. The van der Waals surface area contributed by atoms with E-state index in [-0.39, 0.29) is 6.04 Å². The standard InChI is InChI=1S/C16H25NO/c1-12(2)9-13-5-3-6-14(10-13)16(17)15-7-4-8-18-11-15/h3,5-6,10,12,15-16H,4,7-9,11,17H2,1-2H3. The van der Waals surface area contributed by atoms with Crippen molar-refractivity contribution >= 4 is 0 Å². The predicted molar refractivity (Wildman–Crippen MR) is 75.5 cm³/mol. The van der Waals surface area contributed by atoms with E-state index in [9.17, 15) is 0 Å². The Morgan fingerprint density at radius 2 is 2.22 bits per heavy atom. The summed E-state index contributed by atoms with van der Waals surface area (Å²) in [4.78, 5) is 0. The van der Waals surface area contributed by atoms with Crippen LogP contribution >= 0.6 is 0 Å². The first kappa shape index (κ1) is 13.6. The summed E-state index contributed by atoms with van der Waals surface area (Å²) in [5.41, 5.74) is 9.05. The summed E-state index contributed by atoms with van der Waals surface area (Å²) in [6.07, 6.45) is 3.46. The van der Waals surface area contributed by atoms with Gasteiger partial charge in [-0.2, -0.15) is 0 Å². The van der Waals surface area contributed by atoms with Crippen LogP contribution < -0.4 is 5.73 Å². The smallest absolute Gasteiger partial charge is 0.0512 e. The Labute approximate surface area is 111 Å². The van der Waals surface area contributed by atoms with Gasteiger partial charge in [0.1, 0.15) is 0 Å². The first-order chi connectivity index (χ1) is 8.66. The van der Waals surface area contributed by atoms with Crippen molar-refractivity contribution in [2.24, 2.45) is 17.6 Å². The minimum atomic E-state index is 0.123. The Bertz CT molecular complexity index is 369. The number of rotatable bonds is 4. The molecule has 2 atom stereocenters. The number of ether oxygens (including phenoxy) is 1. The van der Waals surface area contributed by atoms with Gasteiger partial charge in [-0.15, -0.1) is 0 Å². The van der Waals surface area contributed by atoms with Gasteiger partial charge in [-0.05, 0) is 36.3 Å². The molecule has 0 amide bonds. The van der Waals surface area contributed by atoms with Crippen molar-refractivity contribution in [2.45, 2.75) is 39.2 Å². The third-order valence-electron chi connectivity index (χ3n) is 3.68. The van der Waals surface area contributed by atoms with Gasteiger partial charge < -0.3 is 10.5 Å². The highest BCUT2D eigenvalue weighted by atomic mass is 16.5. The van der Waals surface area contributed by atoms with Crippen molar-refractivity contribution in [1.29, 1.82) is 0 Å². The van der Waals surface area contributed by atoms with Gasteiger partial charge in [-0.25, -0.2) is 0 Å². The molecule has 1 aromatic rings. The average Bonchev–Trinajstić information content (AvgIpc) is 2.38. The molecule has 0 saturated carbocycles. The molecule has 1 aliphatic rings. The Morgan fingerprint density at radius 1 is 1.39 bits per heavy atom. The van der Waals surface area contributed by atoms with Crippen LogP contribution in [0.2, 0.25) is 0 Å². The van der Waals surface area contributed by atoms with Crippen LogP contribution in [-0.2, 0) is 11.2 Å². The van der Waals surface area contributed by atoms with Gasteiger partial charge in [0.05, 0.1) is 6.61 Å². The van der Waals surface area contributed by atoms with Gasteiger partial charge in [-0.3, -0.25) is 0 Å². The summed E-state index contributed by atoms with van der Waals surface area (Å²) in [5, 5.41) is 0. The SMILES string of the molecule is CC(C)Cc1cccc(C(N)C2CCCOC2)c1. The molecule has 1 fully saturated rings. The van der Waals surface area contributed by atoms with Gasteiger partial charge in [0.15, 0.2) is 0 Å². The van der Waals surface area contributed by atoms with E-state index in [2.05, 4.69) is 38.1 Å². The summed E-state index contributed by atoms with van der Waals surface area (Å²) >= 11 is 0. The highest BCUT2D eigenvalue weighted by molar-refractivity contribution is 5.26. The summed E-state index contributed by atoms with van der Waals surface area (Å²) < 4.78 is 5.54. The Hall–Kier alpha value is -0.860. The fraction of sp³-hybridized carbons (Fsp3) is 0.625. The Balaban J connectivity index is 2.06. The monoisotopic (exact) mass is 247 g/mol. The highest BCUT2D eigenvalue weighted by Crippen LogP contribution is 2.27. The zero-order valence-corrected chi connectivity index (χ0v) is 11.6. The fourth-order valence-corrected chi connectivity index (χ4v) is 2.72. The molecule has 2 rings (SSSR count). The molecule has 1 heterocycles. The molecule has 0 spiro atoms. The molecule has 2 nitrogen and oxygen atoms in total. The Morgan fingerprint density at radius 3 is 2.89 bits per heavy atom. The second kappa shape index (κ2) is 6.35. The lowest BCUT2D eigenvalue weighted by atomic mass is 9.88. The second-order valence-electron chi connectivity index (χ2n) is 5.85. The molecule has 100 valence electrons. The Kier molecular flexibility index (Phi) is 4.79. The molecule has 2 heteroatoms. The highest BCUT2D eigenvalue weighted by Gasteiger charge is 2.22. The van der Waals surface area contributed by atoms with Crippen LogP contribution in [0.25, 0.3) is 0 Å². The lowest BCUT2D eigenvalue weighted by molar-refractivity contribution is 0.0447. The van der Waals surface area contributed by atoms with Crippen LogP contribution in [0.1, 0.15) is 43.9 Å². The number of hydrogen-bond acceptors (Lipinski definition) is 2.